The monoisotopic (exact) mass is 331 g/mol. The van der Waals surface area contributed by atoms with Crippen LogP contribution in [-0.4, -0.2) is 47.1 Å². The van der Waals surface area contributed by atoms with Crippen LogP contribution in [0.1, 0.15) is 24.3 Å². The molecule has 2 unspecified atom stereocenters. The van der Waals surface area contributed by atoms with Gasteiger partial charge in [0, 0.05) is 12.5 Å². The maximum atomic E-state index is 11.6. The van der Waals surface area contributed by atoms with Crippen molar-refractivity contribution in [3.63, 3.8) is 0 Å². The van der Waals surface area contributed by atoms with Gasteiger partial charge in [-0.05, 0) is 30.1 Å². The van der Waals surface area contributed by atoms with Crippen molar-refractivity contribution in [2.24, 2.45) is 5.92 Å². The Morgan fingerprint density at radius 1 is 1.38 bits per heavy atom. The summed E-state index contributed by atoms with van der Waals surface area (Å²) in [7, 11) is 0. The second-order valence-electron chi connectivity index (χ2n) is 5.29. The third-order valence-electron chi connectivity index (χ3n) is 4.10. The molecule has 1 fully saturated rings. The highest BCUT2D eigenvalue weighted by Crippen LogP contribution is 2.39. The summed E-state index contributed by atoms with van der Waals surface area (Å²) in [6.07, 6.45) is -0.125. The van der Waals surface area contributed by atoms with Crippen LogP contribution < -0.4 is 9.64 Å². The van der Waals surface area contributed by atoms with Crippen LogP contribution in [0, 0.1) is 5.92 Å². The van der Waals surface area contributed by atoms with Crippen molar-refractivity contribution in [2.45, 2.75) is 26.0 Å². The van der Waals surface area contributed by atoms with Gasteiger partial charge >= 0.3 is 0 Å². The summed E-state index contributed by atoms with van der Waals surface area (Å²) < 4.78 is 11.5. The van der Waals surface area contributed by atoms with Crippen LogP contribution >= 0.6 is 23.2 Å². The first-order valence-corrected chi connectivity index (χ1v) is 7.53. The maximum Gasteiger partial charge on any atom is 0.274 e. The molecule has 1 aromatic heterocycles. The second kappa shape index (κ2) is 5.59. The van der Waals surface area contributed by atoms with Crippen molar-refractivity contribution < 1.29 is 14.3 Å². The number of hydrogen-bond acceptors (Lipinski definition) is 6. The van der Waals surface area contributed by atoms with E-state index >= 15 is 0 Å². The van der Waals surface area contributed by atoms with Crippen LogP contribution in [0.5, 0.6) is 5.75 Å². The smallest absolute Gasteiger partial charge is 0.274 e. The van der Waals surface area contributed by atoms with Crippen molar-refractivity contribution in [1.82, 2.24) is 9.97 Å². The third kappa shape index (κ3) is 2.56. The van der Waals surface area contributed by atoms with Crippen LogP contribution in [0.15, 0.2) is 0 Å². The van der Waals surface area contributed by atoms with E-state index in [0.29, 0.717) is 31.3 Å². The molecule has 114 valence electrons. The predicted octanol–water partition coefficient (Wildman–Crippen LogP) is 2.13. The van der Waals surface area contributed by atoms with Gasteiger partial charge in [-0.25, -0.2) is 4.98 Å². The molecule has 0 spiro atoms. The Labute approximate surface area is 132 Å². The molecule has 3 heterocycles. The van der Waals surface area contributed by atoms with Gasteiger partial charge in [0.1, 0.15) is 6.10 Å². The molecule has 0 aliphatic carbocycles. The molecule has 8 heteroatoms. The molecule has 1 saturated heterocycles. The number of anilines is 1. The normalized spacial score (nSPS) is 28.2. The highest BCUT2D eigenvalue weighted by Gasteiger charge is 2.39. The number of nitrogens with zero attached hydrogens (tertiary/aromatic N) is 3. The predicted molar refractivity (Wildman–Crippen MR) is 78.4 cm³/mol. The van der Waals surface area contributed by atoms with Crippen molar-refractivity contribution >= 4 is 34.3 Å². The number of aromatic nitrogens is 2. The van der Waals surface area contributed by atoms with Gasteiger partial charge in [0.2, 0.25) is 5.28 Å². The summed E-state index contributed by atoms with van der Waals surface area (Å²) in [6, 6.07) is 0.110. The number of fused-ring (bicyclic) bond motifs is 3. The molecule has 21 heavy (non-hydrogen) atoms. The van der Waals surface area contributed by atoms with Gasteiger partial charge in [0.25, 0.3) is 5.24 Å². The van der Waals surface area contributed by atoms with Crippen molar-refractivity contribution in [2.75, 3.05) is 24.7 Å². The SMILES string of the molecule is CC1Oc2c(C(=O)Cl)nc(Cl)nc2N2CCOC[C@@H]2C1C. The van der Waals surface area contributed by atoms with Crippen LogP contribution in [0.4, 0.5) is 5.82 Å². The minimum absolute atomic E-state index is 0.0119. The lowest BCUT2D eigenvalue weighted by molar-refractivity contribution is 0.0563. The van der Waals surface area contributed by atoms with Crippen LogP contribution in [-0.2, 0) is 4.74 Å². The Morgan fingerprint density at radius 2 is 2.14 bits per heavy atom. The van der Waals surface area contributed by atoms with Gasteiger partial charge in [-0.3, -0.25) is 4.79 Å². The number of carbonyl (C=O) groups excluding carboxylic acids is 1. The largest absolute Gasteiger partial charge is 0.484 e. The van der Waals surface area contributed by atoms with Gasteiger partial charge in [0.05, 0.1) is 19.3 Å². The number of rotatable bonds is 1. The average Bonchev–Trinajstić information content (AvgIpc) is 2.56. The van der Waals surface area contributed by atoms with E-state index in [0.717, 1.165) is 0 Å². The quantitative estimate of drug-likeness (QED) is 0.580. The van der Waals surface area contributed by atoms with Gasteiger partial charge < -0.3 is 14.4 Å². The van der Waals surface area contributed by atoms with E-state index in [1.165, 1.54) is 0 Å². The maximum absolute atomic E-state index is 11.6. The average molecular weight is 332 g/mol. The Hall–Kier alpha value is -1.11. The zero-order chi connectivity index (χ0) is 15.1. The molecule has 0 saturated carbocycles. The van der Waals surface area contributed by atoms with E-state index in [2.05, 4.69) is 21.8 Å². The Kier molecular flexibility index (Phi) is 3.94. The van der Waals surface area contributed by atoms with E-state index in [-0.39, 0.29) is 29.0 Å². The topological polar surface area (TPSA) is 64.5 Å². The number of hydrogen-bond donors (Lipinski definition) is 0. The Bertz CT molecular complexity index is 584. The minimum Gasteiger partial charge on any atom is -0.484 e. The third-order valence-corrected chi connectivity index (χ3v) is 4.44. The first-order chi connectivity index (χ1) is 9.99. The lowest BCUT2D eigenvalue weighted by Crippen LogP contribution is -2.50. The van der Waals surface area contributed by atoms with Gasteiger partial charge in [-0.2, -0.15) is 4.98 Å². The second-order valence-corrected chi connectivity index (χ2v) is 5.97. The fourth-order valence-electron chi connectivity index (χ4n) is 2.78. The van der Waals surface area contributed by atoms with Gasteiger partial charge in [-0.1, -0.05) is 6.92 Å². The number of morpholine rings is 1. The van der Waals surface area contributed by atoms with E-state index in [1.54, 1.807) is 0 Å². The zero-order valence-electron chi connectivity index (χ0n) is 11.7. The molecular formula is C13H15Cl2N3O3. The summed E-state index contributed by atoms with van der Waals surface area (Å²) in [5, 5.41) is -0.726. The number of halogens is 2. The van der Waals surface area contributed by atoms with Crippen LogP contribution in [0.2, 0.25) is 5.28 Å². The van der Waals surface area contributed by atoms with Crippen molar-refractivity contribution in [3.8, 4) is 5.75 Å². The molecule has 1 aromatic rings. The molecule has 0 radical (unpaired) electrons. The Morgan fingerprint density at radius 3 is 2.86 bits per heavy atom. The molecule has 2 aliphatic heterocycles. The number of carbonyl (C=O) groups is 1. The molecule has 0 aromatic carbocycles. The molecule has 3 atom stereocenters. The van der Waals surface area contributed by atoms with Crippen LogP contribution in [0.25, 0.3) is 0 Å². The molecule has 2 aliphatic rings. The van der Waals surface area contributed by atoms with Gasteiger partial charge in [0.15, 0.2) is 17.3 Å². The molecule has 0 bridgehead atoms. The first kappa shape index (κ1) is 14.8. The molecule has 6 nitrogen and oxygen atoms in total. The summed E-state index contributed by atoms with van der Waals surface area (Å²) >= 11 is 11.6. The summed E-state index contributed by atoms with van der Waals surface area (Å²) in [5.41, 5.74) is 0.0119. The highest BCUT2D eigenvalue weighted by molar-refractivity contribution is 6.67. The Balaban J connectivity index is 2.18. The molecular weight excluding hydrogens is 317 g/mol. The summed E-state index contributed by atoms with van der Waals surface area (Å²) in [6.45, 7) is 5.86. The first-order valence-electron chi connectivity index (χ1n) is 6.77. The van der Waals surface area contributed by atoms with Gasteiger partial charge in [-0.15, -0.1) is 0 Å². The minimum atomic E-state index is -0.706. The lowest BCUT2D eigenvalue weighted by atomic mass is 9.95. The van der Waals surface area contributed by atoms with Crippen molar-refractivity contribution in [3.05, 3.63) is 11.0 Å². The number of ether oxygens (including phenoxy) is 2. The summed E-state index contributed by atoms with van der Waals surface area (Å²) in [4.78, 5) is 21.9. The fraction of sp³-hybridized carbons (Fsp3) is 0.615. The standard InChI is InChI=1S/C13H15Cl2N3O3/c1-6-7(2)21-10-9(11(14)19)16-13(15)17-12(10)18-3-4-20-5-8(6)18/h6-8H,3-5H2,1-2H3/t6?,7?,8-/m1/s1. The lowest BCUT2D eigenvalue weighted by Gasteiger charge is -2.38. The van der Waals surface area contributed by atoms with E-state index < -0.39 is 5.24 Å². The van der Waals surface area contributed by atoms with Crippen LogP contribution in [0.3, 0.4) is 0 Å². The molecule has 0 amide bonds. The van der Waals surface area contributed by atoms with E-state index in [1.807, 2.05) is 6.92 Å². The summed E-state index contributed by atoms with van der Waals surface area (Å²) in [5.74, 6) is 1.02. The van der Waals surface area contributed by atoms with Crippen molar-refractivity contribution in [1.29, 1.82) is 0 Å². The van der Waals surface area contributed by atoms with E-state index in [9.17, 15) is 4.79 Å². The fourth-order valence-corrected chi connectivity index (χ4v) is 3.07. The zero-order valence-corrected chi connectivity index (χ0v) is 13.2. The van der Waals surface area contributed by atoms with E-state index in [4.69, 9.17) is 32.7 Å². The highest BCUT2D eigenvalue weighted by atomic mass is 35.5. The molecule has 0 N–H and O–H groups in total. The molecule has 3 rings (SSSR count).